The molecule has 3 nitrogen and oxygen atoms in total. The number of nitriles is 1. The largest absolute Gasteiger partial charge is 0.314 e. The van der Waals surface area contributed by atoms with E-state index >= 15 is 0 Å². The van der Waals surface area contributed by atoms with E-state index in [1.54, 1.807) is 0 Å². The SMILES string of the molecule is Cl.Cl.N#Cc1ccccc1[C@@H](C1CCCC1)N1CCNCC1. The number of nitrogens with one attached hydrogen (secondary N) is 1. The highest BCUT2D eigenvalue weighted by molar-refractivity contribution is 5.85. The monoisotopic (exact) mass is 341 g/mol. The molecule has 5 heteroatoms. The summed E-state index contributed by atoms with van der Waals surface area (Å²) in [5.41, 5.74) is 2.12. The van der Waals surface area contributed by atoms with Crippen molar-refractivity contribution in [3.05, 3.63) is 35.4 Å². The Kier molecular flexibility index (Phi) is 8.20. The first-order valence-corrected chi connectivity index (χ1v) is 7.84. The van der Waals surface area contributed by atoms with Crippen LogP contribution in [0.1, 0.15) is 42.9 Å². The molecule has 2 aliphatic rings. The van der Waals surface area contributed by atoms with Crippen molar-refractivity contribution < 1.29 is 0 Å². The van der Waals surface area contributed by atoms with Crippen LogP contribution in [-0.2, 0) is 0 Å². The lowest BCUT2D eigenvalue weighted by Crippen LogP contribution is -2.46. The van der Waals surface area contributed by atoms with Crippen molar-refractivity contribution in [3.8, 4) is 6.07 Å². The van der Waals surface area contributed by atoms with Gasteiger partial charge in [-0.25, -0.2) is 0 Å². The van der Waals surface area contributed by atoms with Crippen LogP contribution in [0, 0.1) is 17.2 Å². The predicted molar refractivity (Wildman–Crippen MR) is 94.8 cm³/mol. The van der Waals surface area contributed by atoms with Gasteiger partial charge in [-0.2, -0.15) is 5.26 Å². The maximum Gasteiger partial charge on any atom is 0.0995 e. The molecule has 0 spiro atoms. The zero-order chi connectivity index (χ0) is 13.8. The van der Waals surface area contributed by atoms with Crippen molar-refractivity contribution in [2.45, 2.75) is 31.7 Å². The fourth-order valence-electron chi connectivity index (χ4n) is 3.84. The van der Waals surface area contributed by atoms with E-state index in [1.807, 2.05) is 12.1 Å². The molecule has 1 atom stereocenters. The Balaban J connectivity index is 0.00000121. The second-order valence-electron chi connectivity index (χ2n) is 5.97. The molecule has 22 heavy (non-hydrogen) atoms. The first-order valence-electron chi connectivity index (χ1n) is 7.84. The summed E-state index contributed by atoms with van der Waals surface area (Å²) in [5.74, 6) is 0.725. The molecule has 1 aliphatic carbocycles. The predicted octanol–water partition coefficient (Wildman–Crippen LogP) is 3.54. The summed E-state index contributed by atoms with van der Waals surface area (Å²) in [7, 11) is 0. The molecule has 122 valence electrons. The van der Waals surface area contributed by atoms with E-state index in [9.17, 15) is 5.26 Å². The molecule has 0 bridgehead atoms. The van der Waals surface area contributed by atoms with Crippen LogP contribution in [0.25, 0.3) is 0 Å². The second-order valence-corrected chi connectivity index (χ2v) is 5.97. The van der Waals surface area contributed by atoms with Crippen LogP contribution < -0.4 is 5.32 Å². The van der Waals surface area contributed by atoms with E-state index in [4.69, 9.17) is 0 Å². The zero-order valence-corrected chi connectivity index (χ0v) is 14.5. The number of hydrogen-bond donors (Lipinski definition) is 1. The van der Waals surface area contributed by atoms with Gasteiger partial charge in [0.1, 0.15) is 0 Å². The summed E-state index contributed by atoms with van der Waals surface area (Å²) in [4.78, 5) is 2.60. The lowest BCUT2D eigenvalue weighted by molar-refractivity contribution is 0.125. The standard InChI is InChI=1S/C17H23N3.2ClH/c18-13-15-7-3-4-8-16(15)17(14-5-1-2-6-14)20-11-9-19-10-12-20;;/h3-4,7-8,14,17,19H,1-2,5-6,9-12H2;2*1H/t17-;;/m1../s1. The second kappa shape index (κ2) is 9.37. The van der Waals surface area contributed by atoms with Crippen LogP contribution in [0.5, 0.6) is 0 Å². The van der Waals surface area contributed by atoms with Crippen LogP contribution >= 0.6 is 24.8 Å². The van der Waals surface area contributed by atoms with Gasteiger partial charge < -0.3 is 5.32 Å². The normalized spacial score (nSPS) is 20.5. The molecule has 1 saturated heterocycles. The molecule has 0 radical (unpaired) electrons. The van der Waals surface area contributed by atoms with E-state index in [1.165, 1.54) is 31.2 Å². The summed E-state index contributed by atoms with van der Waals surface area (Å²) in [6, 6.07) is 11.0. The van der Waals surface area contributed by atoms with Crippen LogP contribution in [0.15, 0.2) is 24.3 Å². The summed E-state index contributed by atoms with van der Waals surface area (Å²) in [6.45, 7) is 4.33. The average molecular weight is 342 g/mol. The van der Waals surface area contributed by atoms with Crippen LogP contribution in [0.2, 0.25) is 0 Å². The molecular weight excluding hydrogens is 317 g/mol. The smallest absolute Gasteiger partial charge is 0.0995 e. The van der Waals surface area contributed by atoms with Gasteiger partial charge in [-0.05, 0) is 30.4 Å². The van der Waals surface area contributed by atoms with Gasteiger partial charge in [-0.3, -0.25) is 4.90 Å². The van der Waals surface area contributed by atoms with Gasteiger partial charge in [0.15, 0.2) is 0 Å². The number of benzene rings is 1. The van der Waals surface area contributed by atoms with Crippen molar-refractivity contribution in [1.29, 1.82) is 5.26 Å². The van der Waals surface area contributed by atoms with E-state index in [0.29, 0.717) is 6.04 Å². The van der Waals surface area contributed by atoms with Gasteiger partial charge >= 0.3 is 0 Å². The fraction of sp³-hybridized carbons (Fsp3) is 0.588. The minimum Gasteiger partial charge on any atom is -0.314 e. The van der Waals surface area contributed by atoms with E-state index in [0.717, 1.165) is 37.7 Å². The first-order chi connectivity index (χ1) is 9.90. The Morgan fingerprint density at radius 1 is 1.09 bits per heavy atom. The molecule has 1 aromatic carbocycles. The molecule has 1 aliphatic heterocycles. The third-order valence-electron chi connectivity index (χ3n) is 4.79. The molecule has 1 N–H and O–H groups in total. The number of rotatable bonds is 3. The van der Waals surface area contributed by atoms with Crippen molar-refractivity contribution >= 4 is 24.8 Å². The van der Waals surface area contributed by atoms with Gasteiger partial charge in [0.25, 0.3) is 0 Å². The summed E-state index contributed by atoms with van der Waals surface area (Å²) >= 11 is 0. The zero-order valence-electron chi connectivity index (χ0n) is 12.8. The maximum absolute atomic E-state index is 9.43. The number of nitrogens with zero attached hydrogens (tertiary/aromatic N) is 2. The number of piperazine rings is 1. The lowest BCUT2D eigenvalue weighted by atomic mass is 9.87. The highest BCUT2D eigenvalue weighted by Crippen LogP contribution is 2.40. The molecule has 1 saturated carbocycles. The third kappa shape index (κ3) is 4.14. The molecule has 1 heterocycles. The minimum absolute atomic E-state index is 0. The van der Waals surface area contributed by atoms with Crippen molar-refractivity contribution in [1.82, 2.24) is 10.2 Å². The molecule has 0 unspecified atom stereocenters. The Labute approximate surface area is 145 Å². The number of hydrogen-bond acceptors (Lipinski definition) is 3. The molecule has 2 fully saturated rings. The third-order valence-corrected chi connectivity index (χ3v) is 4.79. The van der Waals surface area contributed by atoms with Gasteiger partial charge in [0.2, 0.25) is 0 Å². The average Bonchev–Trinajstić information content (AvgIpc) is 3.03. The van der Waals surface area contributed by atoms with Gasteiger partial charge in [-0.1, -0.05) is 31.0 Å². The Morgan fingerprint density at radius 2 is 1.73 bits per heavy atom. The highest BCUT2D eigenvalue weighted by Gasteiger charge is 2.32. The van der Waals surface area contributed by atoms with E-state index < -0.39 is 0 Å². The fourth-order valence-corrected chi connectivity index (χ4v) is 3.84. The van der Waals surface area contributed by atoms with Gasteiger partial charge in [-0.15, -0.1) is 24.8 Å². The first kappa shape index (κ1) is 19.3. The molecule has 1 aromatic rings. The van der Waals surface area contributed by atoms with Crippen LogP contribution in [0.3, 0.4) is 0 Å². The minimum atomic E-state index is 0. The Bertz CT molecular complexity index is 489. The van der Waals surface area contributed by atoms with E-state index in [2.05, 4.69) is 28.4 Å². The molecular formula is C17H25Cl2N3. The molecule has 3 rings (SSSR count). The van der Waals surface area contributed by atoms with Gasteiger partial charge in [0.05, 0.1) is 11.6 Å². The Hall–Kier alpha value is -0.790. The van der Waals surface area contributed by atoms with E-state index in [-0.39, 0.29) is 24.8 Å². The van der Waals surface area contributed by atoms with Crippen LogP contribution in [0.4, 0.5) is 0 Å². The molecule has 0 amide bonds. The van der Waals surface area contributed by atoms with Crippen molar-refractivity contribution in [2.24, 2.45) is 5.92 Å². The van der Waals surface area contributed by atoms with Crippen molar-refractivity contribution in [3.63, 3.8) is 0 Å². The Morgan fingerprint density at radius 3 is 2.36 bits per heavy atom. The maximum atomic E-state index is 9.43. The molecule has 0 aromatic heterocycles. The van der Waals surface area contributed by atoms with Gasteiger partial charge in [0, 0.05) is 32.2 Å². The highest BCUT2D eigenvalue weighted by atomic mass is 35.5. The summed E-state index contributed by atoms with van der Waals surface area (Å²) < 4.78 is 0. The topological polar surface area (TPSA) is 39.1 Å². The number of halogens is 2. The lowest BCUT2D eigenvalue weighted by Gasteiger charge is -2.39. The van der Waals surface area contributed by atoms with Crippen molar-refractivity contribution in [2.75, 3.05) is 26.2 Å². The summed E-state index contributed by atoms with van der Waals surface area (Å²) in [6.07, 6.45) is 5.33. The quantitative estimate of drug-likeness (QED) is 0.913. The summed E-state index contributed by atoms with van der Waals surface area (Å²) in [5, 5.41) is 12.9. The van der Waals surface area contributed by atoms with Crippen LogP contribution in [-0.4, -0.2) is 31.1 Å².